The summed E-state index contributed by atoms with van der Waals surface area (Å²) in [5.74, 6) is 0.335. The van der Waals surface area contributed by atoms with Crippen LogP contribution >= 0.6 is 15.9 Å². The van der Waals surface area contributed by atoms with Crippen molar-refractivity contribution in [1.82, 2.24) is 9.55 Å². The lowest BCUT2D eigenvalue weighted by Crippen LogP contribution is -2.19. The first-order chi connectivity index (χ1) is 9.63. The maximum atomic E-state index is 11.9. The minimum atomic E-state index is -0.391. The SMILES string of the molecule is Cc1cccc(NCn2c(=O)oc3cc(Br)ccc32)n1. The van der Waals surface area contributed by atoms with Gasteiger partial charge in [0.15, 0.2) is 5.58 Å². The second-order valence-corrected chi connectivity index (χ2v) is 5.32. The van der Waals surface area contributed by atoms with E-state index in [1.807, 2.05) is 37.3 Å². The zero-order valence-electron chi connectivity index (χ0n) is 10.8. The second kappa shape index (κ2) is 5.13. The Labute approximate surface area is 123 Å². The summed E-state index contributed by atoms with van der Waals surface area (Å²) in [5, 5.41) is 3.12. The normalized spacial score (nSPS) is 10.9. The zero-order valence-corrected chi connectivity index (χ0v) is 12.3. The Kier molecular flexibility index (Phi) is 3.31. The third-order valence-corrected chi connectivity index (χ3v) is 3.43. The van der Waals surface area contributed by atoms with Crippen LogP contribution in [-0.2, 0) is 6.67 Å². The molecule has 20 heavy (non-hydrogen) atoms. The lowest BCUT2D eigenvalue weighted by Gasteiger charge is -2.06. The van der Waals surface area contributed by atoms with Crippen LogP contribution in [0.25, 0.3) is 11.1 Å². The third-order valence-electron chi connectivity index (χ3n) is 2.94. The van der Waals surface area contributed by atoms with Crippen molar-refractivity contribution in [3.63, 3.8) is 0 Å². The summed E-state index contributed by atoms with van der Waals surface area (Å²) in [6.07, 6.45) is 0. The molecule has 0 saturated carbocycles. The van der Waals surface area contributed by atoms with Crippen LogP contribution in [0.15, 0.2) is 50.1 Å². The van der Waals surface area contributed by atoms with E-state index in [-0.39, 0.29) is 0 Å². The van der Waals surface area contributed by atoms with Crippen molar-refractivity contribution < 1.29 is 4.42 Å². The third kappa shape index (κ3) is 2.46. The van der Waals surface area contributed by atoms with E-state index in [1.165, 1.54) is 4.57 Å². The molecule has 0 radical (unpaired) electrons. The van der Waals surface area contributed by atoms with Gasteiger partial charge in [0.25, 0.3) is 0 Å². The Hall–Kier alpha value is -2.08. The fourth-order valence-electron chi connectivity index (χ4n) is 1.99. The lowest BCUT2D eigenvalue weighted by atomic mass is 10.3. The Bertz CT molecular complexity index is 823. The van der Waals surface area contributed by atoms with E-state index >= 15 is 0 Å². The van der Waals surface area contributed by atoms with Crippen molar-refractivity contribution in [3.05, 3.63) is 57.1 Å². The number of hydrogen-bond acceptors (Lipinski definition) is 4. The second-order valence-electron chi connectivity index (χ2n) is 4.41. The molecular weight excluding hydrogens is 322 g/mol. The number of hydrogen-bond donors (Lipinski definition) is 1. The summed E-state index contributed by atoms with van der Waals surface area (Å²) < 4.78 is 7.62. The van der Waals surface area contributed by atoms with Gasteiger partial charge >= 0.3 is 5.76 Å². The topological polar surface area (TPSA) is 60.1 Å². The first-order valence-electron chi connectivity index (χ1n) is 6.10. The molecule has 102 valence electrons. The number of anilines is 1. The highest BCUT2D eigenvalue weighted by Crippen LogP contribution is 2.18. The monoisotopic (exact) mass is 333 g/mol. The van der Waals surface area contributed by atoms with Gasteiger partial charge in [-0.15, -0.1) is 0 Å². The highest BCUT2D eigenvalue weighted by atomic mass is 79.9. The van der Waals surface area contributed by atoms with Crippen molar-refractivity contribution in [3.8, 4) is 0 Å². The van der Waals surface area contributed by atoms with Crippen molar-refractivity contribution in [2.45, 2.75) is 13.6 Å². The number of benzene rings is 1. The Morgan fingerprint density at radius 2 is 2.20 bits per heavy atom. The van der Waals surface area contributed by atoms with E-state index < -0.39 is 5.76 Å². The van der Waals surface area contributed by atoms with E-state index in [1.54, 1.807) is 6.07 Å². The summed E-state index contributed by atoms with van der Waals surface area (Å²) in [6.45, 7) is 2.23. The van der Waals surface area contributed by atoms with Gasteiger partial charge in [0.2, 0.25) is 0 Å². The summed E-state index contributed by atoms with van der Waals surface area (Å²) >= 11 is 3.35. The van der Waals surface area contributed by atoms with Gasteiger partial charge in [-0.3, -0.25) is 4.57 Å². The standard InChI is InChI=1S/C14H12BrN3O2/c1-9-3-2-4-13(17-9)16-8-18-11-6-5-10(15)7-12(11)20-14(18)19/h2-7H,8H2,1H3,(H,16,17). The van der Waals surface area contributed by atoms with Crippen LogP contribution in [0.1, 0.15) is 5.69 Å². The van der Waals surface area contributed by atoms with Gasteiger partial charge in [0.05, 0.1) is 5.52 Å². The molecule has 0 saturated heterocycles. The number of nitrogens with one attached hydrogen (secondary N) is 1. The molecule has 2 heterocycles. The van der Waals surface area contributed by atoms with Crippen LogP contribution in [0.4, 0.5) is 5.82 Å². The first-order valence-corrected chi connectivity index (χ1v) is 6.89. The van der Waals surface area contributed by atoms with E-state index in [2.05, 4.69) is 26.2 Å². The number of fused-ring (bicyclic) bond motifs is 1. The minimum Gasteiger partial charge on any atom is -0.408 e. The van der Waals surface area contributed by atoms with Gasteiger partial charge in [-0.25, -0.2) is 9.78 Å². The first kappa shape index (κ1) is 12.9. The molecule has 1 N–H and O–H groups in total. The number of pyridine rings is 1. The number of halogens is 1. The fourth-order valence-corrected chi connectivity index (χ4v) is 2.33. The van der Waals surface area contributed by atoms with Crippen LogP contribution in [-0.4, -0.2) is 9.55 Å². The smallest absolute Gasteiger partial charge is 0.408 e. The molecule has 0 spiro atoms. The average molecular weight is 334 g/mol. The minimum absolute atomic E-state index is 0.309. The Balaban J connectivity index is 1.91. The van der Waals surface area contributed by atoms with Gasteiger partial charge in [0, 0.05) is 10.2 Å². The lowest BCUT2D eigenvalue weighted by molar-refractivity contribution is 0.515. The quantitative estimate of drug-likeness (QED) is 0.799. The van der Waals surface area contributed by atoms with Crippen LogP contribution in [0.2, 0.25) is 0 Å². The Morgan fingerprint density at radius 3 is 3.00 bits per heavy atom. The largest absolute Gasteiger partial charge is 0.421 e. The van der Waals surface area contributed by atoms with Gasteiger partial charge in [-0.2, -0.15) is 0 Å². The summed E-state index contributed by atoms with van der Waals surface area (Å²) in [6, 6.07) is 11.2. The fraction of sp³-hybridized carbons (Fsp3) is 0.143. The molecule has 3 aromatic rings. The molecule has 5 nitrogen and oxygen atoms in total. The highest BCUT2D eigenvalue weighted by Gasteiger charge is 2.09. The van der Waals surface area contributed by atoms with E-state index in [4.69, 9.17) is 4.42 Å². The van der Waals surface area contributed by atoms with Crippen molar-refractivity contribution in [1.29, 1.82) is 0 Å². The van der Waals surface area contributed by atoms with Crippen molar-refractivity contribution in [2.75, 3.05) is 5.32 Å². The molecular formula is C14H12BrN3O2. The molecule has 2 aromatic heterocycles. The van der Waals surface area contributed by atoms with Crippen molar-refractivity contribution >= 4 is 32.8 Å². The maximum absolute atomic E-state index is 11.9. The number of oxazole rings is 1. The molecule has 0 aliphatic rings. The summed E-state index contributed by atoms with van der Waals surface area (Å²) in [5.41, 5.74) is 2.23. The molecule has 3 rings (SSSR count). The molecule has 1 aromatic carbocycles. The number of nitrogens with zero attached hydrogens (tertiary/aromatic N) is 2. The average Bonchev–Trinajstić information content (AvgIpc) is 2.71. The van der Waals surface area contributed by atoms with Crippen LogP contribution in [0.3, 0.4) is 0 Å². The molecule has 0 bridgehead atoms. The predicted octanol–water partition coefficient (Wildman–Crippen LogP) is 3.13. The number of rotatable bonds is 3. The number of aryl methyl sites for hydroxylation is 1. The molecule has 0 amide bonds. The van der Waals surface area contributed by atoms with Crippen LogP contribution in [0.5, 0.6) is 0 Å². The Morgan fingerprint density at radius 1 is 1.35 bits per heavy atom. The van der Waals surface area contributed by atoms with E-state index in [0.29, 0.717) is 12.3 Å². The van der Waals surface area contributed by atoms with Crippen LogP contribution < -0.4 is 11.1 Å². The summed E-state index contributed by atoms with van der Waals surface area (Å²) in [4.78, 5) is 16.2. The predicted molar refractivity (Wildman–Crippen MR) is 80.8 cm³/mol. The van der Waals surface area contributed by atoms with E-state index in [9.17, 15) is 4.79 Å². The van der Waals surface area contributed by atoms with Gasteiger partial charge in [-0.05, 0) is 37.3 Å². The van der Waals surface area contributed by atoms with Crippen molar-refractivity contribution in [2.24, 2.45) is 0 Å². The van der Waals surface area contributed by atoms with E-state index in [0.717, 1.165) is 21.5 Å². The molecule has 0 aliphatic carbocycles. The van der Waals surface area contributed by atoms with Gasteiger partial charge < -0.3 is 9.73 Å². The van der Waals surface area contributed by atoms with Crippen LogP contribution in [0, 0.1) is 6.92 Å². The molecule has 0 unspecified atom stereocenters. The molecule has 6 heteroatoms. The van der Waals surface area contributed by atoms with Gasteiger partial charge in [-0.1, -0.05) is 22.0 Å². The highest BCUT2D eigenvalue weighted by molar-refractivity contribution is 9.10. The maximum Gasteiger partial charge on any atom is 0.421 e. The number of aromatic nitrogens is 2. The zero-order chi connectivity index (χ0) is 14.1. The molecule has 0 atom stereocenters. The summed E-state index contributed by atoms with van der Waals surface area (Å²) in [7, 11) is 0. The van der Waals surface area contributed by atoms with Gasteiger partial charge in [0.1, 0.15) is 12.5 Å². The molecule has 0 fully saturated rings. The molecule has 0 aliphatic heterocycles.